The lowest BCUT2D eigenvalue weighted by Gasteiger charge is -2.61. The number of Topliss-reactive ketones (excluding diaryl/α,β-unsaturated/α-hetero) is 1. The zero-order chi connectivity index (χ0) is 24.5. The van der Waals surface area contributed by atoms with Gasteiger partial charge in [-0.3, -0.25) is 4.79 Å². The highest BCUT2D eigenvalue weighted by molar-refractivity contribution is 5.83. The third-order valence-electron chi connectivity index (χ3n) is 11.7. The van der Waals surface area contributed by atoms with E-state index < -0.39 is 24.4 Å². The van der Waals surface area contributed by atoms with Gasteiger partial charge in [0, 0.05) is 12.3 Å². The molecule has 0 heterocycles. The van der Waals surface area contributed by atoms with Crippen molar-refractivity contribution in [2.45, 2.75) is 111 Å². The van der Waals surface area contributed by atoms with Crippen LogP contribution in [0, 0.1) is 58.2 Å². The second kappa shape index (κ2) is 8.87. The second-order valence-electron chi connectivity index (χ2n) is 13.4. The number of carbonyl (C=O) groups is 1. The molecular formula is C28H48O5. The van der Waals surface area contributed by atoms with Gasteiger partial charge < -0.3 is 20.4 Å². The summed E-state index contributed by atoms with van der Waals surface area (Å²) in [5.41, 5.74) is -0.162. The largest absolute Gasteiger partial charge is 0.390 e. The Balaban J connectivity index is 1.56. The lowest BCUT2D eigenvalue weighted by Crippen LogP contribution is -2.59. The fourth-order valence-corrected chi connectivity index (χ4v) is 9.23. The van der Waals surface area contributed by atoms with Gasteiger partial charge in [0.15, 0.2) is 0 Å². The summed E-state index contributed by atoms with van der Waals surface area (Å²) in [6, 6.07) is 0. The van der Waals surface area contributed by atoms with Crippen molar-refractivity contribution in [1.82, 2.24) is 0 Å². The summed E-state index contributed by atoms with van der Waals surface area (Å²) in [5.74, 6) is 2.05. The molecule has 4 N–H and O–H groups in total. The molecule has 0 saturated heterocycles. The van der Waals surface area contributed by atoms with Crippen molar-refractivity contribution >= 4 is 5.78 Å². The third kappa shape index (κ3) is 3.93. The van der Waals surface area contributed by atoms with E-state index in [1.54, 1.807) is 0 Å². The van der Waals surface area contributed by atoms with Gasteiger partial charge in [-0.05, 0) is 90.8 Å². The highest BCUT2D eigenvalue weighted by Crippen LogP contribution is 2.67. The van der Waals surface area contributed by atoms with E-state index in [2.05, 4.69) is 34.6 Å². The lowest BCUT2D eigenvalue weighted by molar-refractivity contribution is -0.175. The van der Waals surface area contributed by atoms with E-state index in [0.717, 1.165) is 25.7 Å². The molecule has 4 aliphatic rings. The Morgan fingerprint density at radius 2 is 1.52 bits per heavy atom. The van der Waals surface area contributed by atoms with Gasteiger partial charge in [-0.2, -0.15) is 0 Å². The Morgan fingerprint density at radius 1 is 0.879 bits per heavy atom. The van der Waals surface area contributed by atoms with Gasteiger partial charge >= 0.3 is 0 Å². The van der Waals surface area contributed by atoms with Crippen molar-refractivity contribution in [2.75, 3.05) is 0 Å². The van der Waals surface area contributed by atoms with Crippen LogP contribution in [0.5, 0.6) is 0 Å². The molecule has 0 aromatic carbocycles. The number of ketones is 1. The van der Waals surface area contributed by atoms with Crippen molar-refractivity contribution in [3.8, 4) is 0 Å². The number of rotatable bonds is 5. The molecule has 4 fully saturated rings. The molecule has 0 unspecified atom stereocenters. The fourth-order valence-electron chi connectivity index (χ4n) is 9.23. The van der Waals surface area contributed by atoms with E-state index in [-0.39, 0.29) is 34.4 Å². The van der Waals surface area contributed by atoms with Crippen LogP contribution in [-0.2, 0) is 4.79 Å². The molecule has 5 nitrogen and oxygen atoms in total. The molecule has 0 bridgehead atoms. The maximum Gasteiger partial charge on any atom is 0.136 e. The fraction of sp³-hybridized carbons (Fsp3) is 0.964. The number of carbonyl (C=O) groups excluding carboxylic acids is 1. The van der Waals surface area contributed by atoms with Gasteiger partial charge in [0.25, 0.3) is 0 Å². The minimum atomic E-state index is -0.782. The Labute approximate surface area is 200 Å². The molecule has 4 rings (SSSR count). The quantitative estimate of drug-likeness (QED) is 0.496. The molecule has 4 aliphatic carbocycles. The molecule has 4 saturated carbocycles. The number of fused-ring (bicyclic) bond motifs is 5. The minimum Gasteiger partial charge on any atom is -0.390 e. The average Bonchev–Trinajstić information content (AvgIpc) is 3.10. The first-order chi connectivity index (χ1) is 15.3. The first kappa shape index (κ1) is 25.6. The lowest BCUT2D eigenvalue weighted by atomic mass is 9.44. The van der Waals surface area contributed by atoms with Crippen LogP contribution >= 0.6 is 0 Å². The highest BCUT2D eigenvalue weighted by Gasteiger charge is 2.63. The van der Waals surface area contributed by atoms with Crippen LogP contribution in [-0.4, -0.2) is 50.6 Å². The molecular weight excluding hydrogens is 416 g/mol. The third-order valence-corrected chi connectivity index (χ3v) is 11.7. The number of aliphatic hydroxyl groups excluding tert-OH is 4. The Hall–Kier alpha value is -0.490. The Kier molecular flexibility index (Phi) is 6.88. The normalized spacial score (nSPS) is 49.1. The average molecular weight is 465 g/mol. The van der Waals surface area contributed by atoms with Gasteiger partial charge in [0.1, 0.15) is 5.78 Å². The zero-order valence-electron chi connectivity index (χ0n) is 21.6. The number of aliphatic hydroxyl groups is 4. The van der Waals surface area contributed by atoms with Gasteiger partial charge in [-0.15, -0.1) is 0 Å². The molecule has 0 radical (unpaired) electrons. The molecule has 0 spiro atoms. The van der Waals surface area contributed by atoms with Crippen LogP contribution in [0.1, 0.15) is 86.5 Å². The van der Waals surface area contributed by atoms with Crippen molar-refractivity contribution in [1.29, 1.82) is 0 Å². The summed E-state index contributed by atoms with van der Waals surface area (Å²) in [4.78, 5) is 13.3. The summed E-state index contributed by atoms with van der Waals surface area (Å²) in [6.07, 6.45) is 2.80. The molecule has 13 atom stereocenters. The van der Waals surface area contributed by atoms with Crippen molar-refractivity contribution in [2.24, 2.45) is 58.2 Å². The van der Waals surface area contributed by atoms with Crippen LogP contribution in [0.4, 0.5) is 0 Å². The minimum absolute atomic E-state index is 0.0158. The molecule has 190 valence electrons. The summed E-state index contributed by atoms with van der Waals surface area (Å²) < 4.78 is 0. The highest BCUT2D eigenvalue weighted by atomic mass is 16.3. The molecule has 0 aromatic heterocycles. The Morgan fingerprint density at radius 3 is 2.15 bits per heavy atom. The van der Waals surface area contributed by atoms with Crippen LogP contribution < -0.4 is 0 Å². The van der Waals surface area contributed by atoms with E-state index >= 15 is 0 Å². The monoisotopic (exact) mass is 464 g/mol. The van der Waals surface area contributed by atoms with Gasteiger partial charge in [0.05, 0.1) is 24.4 Å². The van der Waals surface area contributed by atoms with E-state index in [0.29, 0.717) is 48.9 Å². The van der Waals surface area contributed by atoms with Crippen molar-refractivity contribution < 1.29 is 25.2 Å². The molecule has 0 amide bonds. The number of hydrogen-bond acceptors (Lipinski definition) is 5. The van der Waals surface area contributed by atoms with Gasteiger partial charge in [-0.1, -0.05) is 41.5 Å². The van der Waals surface area contributed by atoms with E-state index in [1.165, 1.54) is 0 Å². The number of hydrogen-bond donors (Lipinski definition) is 4. The smallest absolute Gasteiger partial charge is 0.136 e. The van der Waals surface area contributed by atoms with Crippen LogP contribution in [0.2, 0.25) is 0 Å². The van der Waals surface area contributed by atoms with Crippen molar-refractivity contribution in [3.05, 3.63) is 0 Å². The zero-order valence-corrected chi connectivity index (χ0v) is 21.6. The topological polar surface area (TPSA) is 98.0 Å². The van der Waals surface area contributed by atoms with E-state index in [9.17, 15) is 25.2 Å². The predicted octanol–water partition coefficient (Wildman–Crippen LogP) is 3.81. The predicted molar refractivity (Wildman–Crippen MR) is 128 cm³/mol. The maximum absolute atomic E-state index is 13.3. The first-order valence-electron chi connectivity index (χ1n) is 13.6. The molecule has 0 aliphatic heterocycles. The Bertz CT molecular complexity index is 738. The molecule has 0 aromatic rings. The summed E-state index contributed by atoms with van der Waals surface area (Å²) >= 11 is 0. The summed E-state index contributed by atoms with van der Waals surface area (Å²) in [7, 11) is 0. The van der Waals surface area contributed by atoms with Gasteiger partial charge in [-0.25, -0.2) is 0 Å². The molecule has 5 heteroatoms. The summed E-state index contributed by atoms with van der Waals surface area (Å²) in [5, 5.41) is 42.8. The molecule has 33 heavy (non-hydrogen) atoms. The maximum atomic E-state index is 13.3. The first-order valence-corrected chi connectivity index (χ1v) is 13.6. The summed E-state index contributed by atoms with van der Waals surface area (Å²) in [6.45, 7) is 12.9. The van der Waals surface area contributed by atoms with Crippen LogP contribution in [0.15, 0.2) is 0 Å². The SMILES string of the molecule is CC(C)[C@H](C)[C@@H](O)[C@H](O)[C@@H](C)[C@H]1CC[C@H]2[C@@H]3CC(=O)[C@H]4C[C@H](O)[C@H](O)C[C@]4(C)[C@H]3CC[C@@]12C. The standard InChI is InChI=1S/C28H48O5/c1-14(2)15(3)25(32)26(33)16(4)18-7-8-19-17-11-22(29)21-12-23(30)24(31)13-28(21,6)20(17)9-10-27(18,19)5/h14-21,23-26,30-33H,7-13H2,1-6H3/t15-,16-,17-,18+,19-,20-,21+,23-,24+,25+,26+,27-,28+/m0/s1. The van der Waals surface area contributed by atoms with E-state index in [1.807, 2.05) is 6.92 Å². The van der Waals surface area contributed by atoms with Crippen molar-refractivity contribution in [3.63, 3.8) is 0 Å². The van der Waals surface area contributed by atoms with Crippen LogP contribution in [0.25, 0.3) is 0 Å². The van der Waals surface area contributed by atoms with E-state index in [4.69, 9.17) is 0 Å². The van der Waals surface area contributed by atoms with Crippen LogP contribution in [0.3, 0.4) is 0 Å². The van der Waals surface area contributed by atoms with Gasteiger partial charge in [0.2, 0.25) is 0 Å². The second-order valence-corrected chi connectivity index (χ2v) is 13.4.